The Balaban J connectivity index is 4.14. The van der Waals surface area contributed by atoms with Crippen molar-refractivity contribution in [2.75, 3.05) is 54.1 Å². The van der Waals surface area contributed by atoms with Crippen LogP contribution in [0.4, 0.5) is 0 Å². The van der Waals surface area contributed by atoms with Crippen molar-refractivity contribution >= 4 is 13.8 Å². The average molecular weight is 779 g/mol. The number of allylic oxidation sites excluding steroid dienone is 12. The number of quaternary nitrogens is 1. The quantitative estimate of drug-likeness (QED) is 0.0219. The number of unbranched alkanes of at least 4 members (excludes halogenated alkanes) is 12. The van der Waals surface area contributed by atoms with Crippen molar-refractivity contribution in [2.24, 2.45) is 0 Å². The predicted octanol–water partition coefficient (Wildman–Crippen LogP) is 12.3. The van der Waals surface area contributed by atoms with E-state index in [1.165, 1.54) is 44.9 Å². The average Bonchev–Trinajstić information content (AvgIpc) is 3.12. The zero-order valence-electron chi connectivity index (χ0n) is 35.2. The van der Waals surface area contributed by atoms with E-state index >= 15 is 0 Å². The summed E-state index contributed by atoms with van der Waals surface area (Å²) < 4.78 is 34.8. The fraction of sp³-hybridized carbons (Fsp3) is 0.711. The lowest BCUT2D eigenvalue weighted by atomic mass is 10.1. The third-order valence-electron chi connectivity index (χ3n) is 8.53. The summed E-state index contributed by atoms with van der Waals surface area (Å²) in [5, 5.41) is 0. The van der Waals surface area contributed by atoms with E-state index in [1.807, 2.05) is 21.1 Å². The molecular formula is C45H81NO7P+. The Morgan fingerprint density at radius 2 is 1.07 bits per heavy atom. The van der Waals surface area contributed by atoms with Crippen molar-refractivity contribution in [3.8, 4) is 0 Å². The first kappa shape index (κ1) is 51.9. The number of carbonyl (C=O) groups is 1. The van der Waals surface area contributed by atoms with Crippen LogP contribution in [0.15, 0.2) is 72.9 Å². The largest absolute Gasteiger partial charge is 0.472 e. The summed E-state index contributed by atoms with van der Waals surface area (Å²) in [4.78, 5) is 22.8. The molecule has 0 aliphatic heterocycles. The van der Waals surface area contributed by atoms with E-state index in [9.17, 15) is 14.3 Å². The van der Waals surface area contributed by atoms with Gasteiger partial charge in [-0.05, 0) is 64.2 Å². The van der Waals surface area contributed by atoms with Crippen LogP contribution in [-0.2, 0) is 27.9 Å². The SMILES string of the molecule is CC/C=C\C/C=C\C/C=C\C/C=C\C/C=C\C/C=C\CCCCCCCCC(=O)OC(COCCCCCCCCC)COP(=O)(O)OCC[N+](C)(C)C. The zero-order valence-corrected chi connectivity index (χ0v) is 36.1. The molecule has 0 bridgehead atoms. The summed E-state index contributed by atoms with van der Waals surface area (Å²) in [5.74, 6) is -0.334. The van der Waals surface area contributed by atoms with Crippen LogP contribution in [0.3, 0.4) is 0 Å². The lowest BCUT2D eigenvalue weighted by molar-refractivity contribution is -0.870. The lowest BCUT2D eigenvalue weighted by Crippen LogP contribution is -2.37. The second-order valence-corrected chi connectivity index (χ2v) is 16.4. The van der Waals surface area contributed by atoms with Crippen LogP contribution in [0.25, 0.3) is 0 Å². The lowest BCUT2D eigenvalue weighted by Gasteiger charge is -2.24. The maximum Gasteiger partial charge on any atom is 0.472 e. The third-order valence-corrected chi connectivity index (χ3v) is 9.52. The standard InChI is InChI=1S/C45H80NO7P/c1-6-8-10-12-14-15-16-17-18-19-20-21-22-23-24-25-26-27-28-29-30-31-32-34-36-38-45(47)53-44(42-50-40-37-35-33-13-11-9-7-2)43-52-54(48,49)51-41-39-46(3,4)5/h8,10,14-15,17-18,20-21,23-24,26-27,44H,6-7,9,11-13,16,19,22,25,28-43H2,1-5H3/p+1/b10-8-,15-14-,18-17-,21-20-,24-23-,27-26-. The van der Waals surface area contributed by atoms with Crippen LogP contribution in [0, 0.1) is 0 Å². The zero-order chi connectivity index (χ0) is 39.9. The molecule has 0 amide bonds. The Kier molecular flexibility index (Phi) is 36.4. The van der Waals surface area contributed by atoms with Gasteiger partial charge in [0.25, 0.3) is 0 Å². The highest BCUT2D eigenvalue weighted by molar-refractivity contribution is 7.47. The smallest absolute Gasteiger partial charge is 0.457 e. The van der Waals surface area contributed by atoms with Gasteiger partial charge in [0.05, 0.1) is 34.4 Å². The molecule has 0 aromatic rings. The molecule has 0 radical (unpaired) electrons. The molecule has 0 rings (SSSR count). The molecule has 2 unspecified atom stereocenters. The van der Waals surface area contributed by atoms with Gasteiger partial charge in [0.2, 0.25) is 0 Å². The third kappa shape index (κ3) is 41.1. The van der Waals surface area contributed by atoms with E-state index < -0.39 is 13.9 Å². The van der Waals surface area contributed by atoms with Crippen molar-refractivity contribution in [1.29, 1.82) is 0 Å². The molecule has 8 nitrogen and oxygen atoms in total. The van der Waals surface area contributed by atoms with E-state index in [0.29, 0.717) is 24.1 Å². The van der Waals surface area contributed by atoms with Crippen LogP contribution in [-0.4, -0.2) is 75.6 Å². The number of ether oxygens (including phenoxy) is 2. The van der Waals surface area contributed by atoms with Crippen LogP contribution >= 0.6 is 7.82 Å². The normalized spacial score (nSPS) is 14.6. The molecule has 0 spiro atoms. The van der Waals surface area contributed by atoms with Gasteiger partial charge in [-0.25, -0.2) is 4.57 Å². The van der Waals surface area contributed by atoms with Gasteiger partial charge in [0.1, 0.15) is 19.3 Å². The fourth-order valence-corrected chi connectivity index (χ4v) is 6.00. The van der Waals surface area contributed by atoms with Crippen molar-refractivity contribution in [3.05, 3.63) is 72.9 Å². The number of hydrogen-bond donors (Lipinski definition) is 1. The number of esters is 1. The van der Waals surface area contributed by atoms with Crippen molar-refractivity contribution in [3.63, 3.8) is 0 Å². The summed E-state index contributed by atoms with van der Waals surface area (Å²) in [5.41, 5.74) is 0. The molecule has 0 aliphatic rings. The van der Waals surface area contributed by atoms with Crippen molar-refractivity contribution in [1.82, 2.24) is 0 Å². The van der Waals surface area contributed by atoms with Crippen LogP contribution in [0.5, 0.6) is 0 Å². The molecule has 0 fully saturated rings. The Bertz CT molecular complexity index is 1090. The molecule has 1 N–H and O–H groups in total. The summed E-state index contributed by atoms with van der Waals surface area (Å²) in [6, 6.07) is 0. The first-order valence-corrected chi connectivity index (χ1v) is 22.7. The molecule has 0 heterocycles. The molecule has 312 valence electrons. The summed E-state index contributed by atoms with van der Waals surface area (Å²) >= 11 is 0. The Labute approximate surface area is 332 Å². The number of phosphoric ester groups is 1. The fourth-order valence-electron chi connectivity index (χ4n) is 5.26. The van der Waals surface area contributed by atoms with E-state index in [-0.39, 0.29) is 25.8 Å². The number of nitrogens with zero attached hydrogens (tertiary/aromatic N) is 1. The maximum atomic E-state index is 12.6. The molecule has 0 aromatic heterocycles. The molecule has 0 aliphatic carbocycles. The predicted molar refractivity (Wildman–Crippen MR) is 228 cm³/mol. The number of rotatable bonds is 38. The highest BCUT2D eigenvalue weighted by atomic mass is 31.2. The van der Waals surface area contributed by atoms with Gasteiger partial charge in [-0.2, -0.15) is 0 Å². The molecular weight excluding hydrogens is 697 g/mol. The molecule has 0 saturated carbocycles. The summed E-state index contributed by atoms with van der Waals surface area (Å²) in [6.45, 7) is 5.43. The van der Waals surface area contributed by atoms with Gasteiger partial charge in [-0.15, -0.1) is 0 Å². The topological polar surface area (TPSA) is 91.3 Å². The molecule has 54 heavy (non-hydrogen) atoms. The van der Waals surface area contributed by atoms with E-state index in [4.69, 9.17) is 18.5 Å². The van der Waals surface area contributed by atoms with Gasteiger partial charge < -0.3 is 18.9 Å². The van der Waals surface area contributed by atoms with E-state index in [0.717, 1.165) is 83.5 Å². The minimum atomic E-state index is -4.27. The van der Waals surface area contributed by atoms with Crippen LogP contribution < -0.4 is 0 Å². The van der Waals surface area contributed by atoms with Crippen molar-refractivity contribution < 1.29 is 37.3 Å². The molecule has 0 aromatic carbocycles. The summed E-state index contributed by atoms with van der Waals surface area (Å²) in [7, 11) is 1.64. The highest BCUT2D eigenvalue weighted by Crippen LogP contribution is 2.43. The van der Waals surface area contributed by atoms with E-state index in [2.05, 4.69) is 86.8 Å². The Morgan fingerprint density at radius 1 is 0.593 bits per heavy atom. The van der Waals surface area contributed by atoms with Gasteiger partial charge in [0, 0.05) is 13.0 Å². The first-order valence-electron chi connectivity index (χ1n) is 21.2. The van der Waals surface area contributed by atoms with Gasteiger partial charge in [-0.1, -0.05) is 151 Å². The molecule has 2 atom stereocenters. The maximum absolute atomic E-state index is 12.6. The van der Waals surface area contributed by atoms with Gasteiger partial charge >= 0.3 is 13.8 Å². The van der Waals surface area contributed by atoms with Gasteiger partial charge in [0.15, 0.2) is 0 Å². The summed E-state index contributed by atoms with van der Waals surface area (Å²) in [6.07, 6.45) is 48.0. The first-order chi connectivity index (χ1) is 26.1. The number of carbonyl (C=O) groups excluding carboxylic acids is 1. The second kappa shape index (κ2) is 37.8. The highest BCUT2D eigenvalue weighted by Gasteiger charge is 2.26. The number of hydrogen-bond acceptors (Lipinski definition) is 6. The minimum absolute atomic E-state index is 0.0823. The van der Waals surface area contributed by atoms with Gasteiger partial charge in [-0.3, -0.25) is 13.8 Å². The Hall–Kier alpha value is -2.06. The second-order valence-electron chi connectivity index (χ2n) is 15.0. The number of likely N-dealkylation sites (N-methyl/N-ethyl adjacent to an activating group) is 1. The molecule has 0 saturated heterocycles. The van der Waals surface area contributed by atoms with Crippen molar-refractivity contribution in [2.45, 2.75) is 155 Å². The molecule has 9 heteroatoms. The Morgan fingerprint density at radius 3 is 1.61 bits per heavy atom. The monoisotopic (exact) mass is 779 g/mol. The number of phosphoric acid groups is 1. The van der Waals surface area contributed by atoms with E-state index in [1.54, 1.807) is 0 Å². The van der Waals surface area contributed by atoms with Crippen LogP contribution in [0.1, 0.15) is 149 Å². The minimum Gasteiger partial charge on any atom is -0.457 e. The van der Waals surface area contributed by atoms with Crippen LogP contribution in [0.2, 0.25) is 0 Å².